The molecule has 1 aromatic carbocycles. The molecule has 4 aromatic rings. The van der Waals surface area contributed by atoms with Crippen molar-refractivity contribution in [3.8, 4) is 11.3 Å². The summed E-state index contributed by atoms with van der Waals surface area (Å²) in [6, 6.07) is 5.37. The number of pyridine rings is 1. The van der Waals surface area contributed by atoms with Crippen LogP contribution in [0.4, 0.5) is 14.5 Å². The average molecular weight is 397 g/mol. The van der Waals surface area contributed by atoms with Crippen molar-refractivity contribution >= 4 is 22.6 Å². The first kappa shape index (κ1) is 18.7. The predicted octanol–water partition coefficient (Wildman–Crippen LogP) is 3.78. The molecule has 0 aliphatic carbocycles. The number of halogens is 2. The van der Waals surface area contributed by atoms with Gasteiger partial charge in [-0.25, -0.2) is 18.7 Å². The molecule has 0 bridgehead atoms. The first-order valence-corrected chi connectivity index (χ1v) is 8.90. The Bertz CT molecular complexity index is 1190. The van der Waals surface area contributed by atoms with Gasteiger partial charge in [-0.2, -0.15) is 5.10 Å². The number of aromatic nitrogens is 4. The van der Waals surface area contributed by atoms with Gasteiger partial charge in [0, 0.05) is 25.3 Å². The lowest BCUT2D eigenvalue weighted by atomic mass is 10.1. The molecule has 0 aliphatic rings. The van der Waals surface area contributed by atoms with Gasteiger partial charge in [0.1, 0.15) is 11.6 Å². The molecule has 0 saturated heterocycles. The Hall–Kier alpha value is -3.62. The quantitative estimate of drug-likeness (QED) is 0.554. The molecule has 0 spiro atoms. The Morgan fingerprint density at radius 3 is 2.72 bits per heavy atom. The average Bonchev–Trinajstić information content (AvgIpc) is 3.25. The number of nitrogens with zero attached hydrogens (tertiary/aromatic N) is 4. The molecule has 0 atom stereocenters. The second-order valence-corrected chi connectivity index (χ2v) is 6.57. The van der Waals surface area contributed by atoms with Gasteiger partial charge in [-0.15, -0.1) is 0 Å². The molecule has 3 aromatic heterocycles. The van der Waals surface area contributed by atoms with E-state index in [4.69, 9.17) is 4.42 Å². The summed E-state index contributed by atoms with van der Waals surface area (Å²) in [7, 11) is 1.80. The van der Waals surface area contributed by atoms with E-state index in [2.05, 4.69) is 20.4 Å². The third-order valence-electron chi connectivity index (χ3n) is 4.48. The highest BCUT2D eigenvalue weighted by Crippen LogP contribution is 2.27. The third-order valence-corrected chi connectivity index (χ3v) is 4.48. The minimum Gasteiger partial charge on any atom is -0.441 e. The van der Waals surface area contributed by atoms with Crippen LogP contribution >= 0.6 is 0 Å². The third kappa shape index (κ3) is 3.71. The minimum atomic E-state index is -0.737. The van der Waals surface area contributed by atoms with Crippen LogP contribution in [0.3, 0.4) is 0 Å². The zero-order valence-electron chi connectivity index (χ0n) is 15.7. The first-order valence-electron chi connectivity index (χ1n) is 8.90. The number of amides is 1. The van der Waals surface area contributed by atoms with Gasteiger partial charge in [-0.3, -0.25) is 9.48 Å². The summed E-state index contributed by atoms with van der Waals surface area (Å²) in [5.41, 5.74) is 1.83. The number of carbonyl (C=O) groups excluding carboxylic acids is 1. The number of oxazole rings is 1. The van der Waals surface area contributed by atoms with Gasteiger partial charge in [0.15, 0.2) is 17.3 Å². The van der Waals surface area contributed by atoms with E-state index in [1.54, 1.807) is 17.9 Å². The maximum absolute atomic E-state index is 13.8. The highest BCUT2D eigenvalue weighted by Gasteiger charge is 2.16. The number of benzene rings is 1. The van der Waals surface area contributed by atoms with Gasteiger partial charge in [-0.1, -0.05) is 6.07 Å². The van der Waals surface area contributed by atoms with Crippen LogP contribution < -0.4 is 5.32 Å². The molecule has 0 unspecified atom stereocenters. The summed E-state index contributed by atoms with van der Waals surface area (Å²) in [5, 5.41) is 7.92. The second kappa shape index (κ2) is 7.42. The highest BCUT2D eigenvalue weighted by atomic mass is 19.1. The summed E-state index contributed by atoms with van der Waals surface area (Å²) in [6.45, 7) is 1.87. The van der Waals surface area contributed by atoms with E-state index in [0.29, 0.717) is 5.69 Å². The van der Waals surface area contributed by atoms with E-state index < -0.39 is 11.6 Å². The lowest BCUT2D eigenvalue weighted by Gasteiger charge is -2.04. The van der Waals surface area contributed by atoms with Crippen LogP contribution in [0.2, 0.25) is 0 Å². The van der Waals surface area contributed by atoms with E-state index >= 15 is 0 Å². The van der Waals surface area contributed by atoms with Crippen LogP contribution in [0.25, 0.3) is 22.4 Å². The smallest absolute Gasteiger partial charge is 0.224 e. The molecule has 0 saturated carbocycles. The second-order valence-electron chi connectivity index (χ2n) is 6.57. The molecule has 4 rings (SSSR count). The minimum absolute atomic E-state index is 0.0160. The molecule has 29 heavy (non-hydrogen) atoms. The van der Waals surface area contributed by atoms with Crippen molar-refractivity contribution < 1.29 is 18.0 Å². The highest BCUT2D eigenvalue weighted by molar-refractivity contribution is 5.93. The molecule has 1 amide bonds. The molecule has 0 aliphatic heterocycles. The van der Waals surface area contributed by atoms with Crippen LogP contribution in [-0.4, -0.2) is 25.7 Å². The molecule has 1 N–H and O–H groups in total. The monoisotopic (exact) mass is 397 g/mol. The first-order chi connectivity index (χ1) is 13.9. The molecular formula is C20H17F2N5O2. The van der Waals surface area contributed by atoms with Gasteiger partial charge in [-0.05, 0) is 25.1 Å². The Morgan fingerprint density at radius 1 is 1.21 bits per heavy atom. The number of aryl methyl sites for hydroxylation is 3. The predicted molar refractivity (Wildman–Crippen MR) is 102 cm³/mol. The van der Waals surface area contributed by atoms with Crippen molar-refractivity contribution in [3.05, 3.63) is 59.9 Å². The number of rotatable bonds is 5. The van der Waals surface area contributed by atoms with Gasteiger partial charge in [0.05, 0.1) is 29.3 Å². The van der Waals surface area contributed by atoms with Crippen LogP contribution in [0.5, 0.6) is 0 Å². The van der Waals surface area contributed by atoms with E-state index in [1.807, 2.05) is 13.0 Å². The standard InChI is InChI=1S/C20H17F2N5O2/c1-11-13-8-12(9-24-20(13)27(2)26-11)25-17(28)6-7-18-23-10-16(29-18)19-14(21)4-3-5-15(19)22/h3-5,8-10H,6-7H2,1-2H3,(H,25,28). The fourth-order valence-electron chi connectivity index (χ4n) is 3.09. The van der Waals surface area contributed by atoms with Gasteiger partial charge in [0.25, 0.3) is 0 Å². The number of nitrogens with one attached hydrogen (secondary N) is 1. The molecule has 7 nitrogen and oxygen atoms in total. The van der Waals surface area contributed by atoms with Crippen LogP contribution in [-0.2, 0) is 18.3 Å². The Morgan fingerprint density at radius 2 is 1.97 bits per heavy atom. The van der Waals surface area contributed by atoms with Crippen LogP contribution in [0.1, 0.15) is 18.0 Å². The van der Waals surface area contributed by atoms with Gasteiger partial charge in [0.2, 0.25) is 5.91 Å². The molecule has 148 valence electrons. The maximum Gasteiger partial charge on any atom is 0.224 e. The van der Waals surface area contributed by atoms with E-state index in [0.717, 1.165) is 28.9 Å². The zero-order chi connectivity index (χ0) is 20.5. The number of hydrogen-bond acceptors (Lipinski definition) is 5. The van der Waals surface area contributed by atoms with Crippen molar-refractivity contribution in [1.29, 1.82) is 0 Å². The van der Waals surface area contributed by atoms with Crippen molar-refractivity contribution in [2.24, 2.45) is 7.05 Å². The van der Waals surface area contributed by atoms with E-state index in [9.17, 15) is 13.6 Å². The number of fused-ring (bicyclic) bond motifs is 1. The number of carbonyl (C=O) groups is 1. The molecular weight excluding hydrogens is 380 g/mol. The largest absolute Gasteiger partial charge is 0.441 e. The normalized spacial score (nSPS) is 11.2. The number of anilines is 1. The fraction of sp³-hybridized carbons (Fsp3) is 0.200. The summed E-state index contributed by atoms with van der Waals surface area (Å²) in [6.07, 6.45) is 3.08. The molecule has 9 heteroatoms. The van der Waals surface area contributed by atoms with E-state index in [-0.39, 0.29) is 36.0 Å². The summed E-state index contributed by atoms with van der Waals surface area (Å²) >= 11 is 0. The zero-order valence-corrected chi connectivity index (χ0v) is 15.7. The fourth-order valence-corrected chi connectivity index (χ4v) is 3.09. The van der Waals surface area contributed by atoms with Crippen molar-refractivity contribution in [2.45, 2.75) is 19.8 Å². The number of hydrogen-bond donors (Lipinski definition) is 1. The SMILES string of the molecule is Cc1nn(C)c2ncc(NC(=O)CCc3ncc(-c4c(F)cccc4F)o3)cc12. The molecule has 0 fully saturated rings. The van der Waals surface area contributed by atoms with Crippen molar-refractivity contribution in [2.75, 3.05) is 5.32 Å². The molecule has 3 heterocycles. The van der Waals surface area contributed by atoms with E-state index in [1.165, 1.54) is 12.3 Å². The van der Waals surface area contributed by atoms with Gasteiger partial charge >= 0.3 is 0 Å². The van der Waals surface area contributed by atoms with Crippen LogP contribution in [0.15, 0.2) is 41.1 Å². The topological polar surface area (TPSA) is 85.8 Å². The molecule has 0 radical (unpaired) electrons. The Kier molecular flexibility index (Phi) is 4.79. The summed E-state index contributed by atoms with van der Waals surface area (Å²) < 4.78 is 34.8. The lowest BCUT2D eigenvalue weighted by molar-refractivity contribution is -0.116. The Labute approximate surface area is 164 Å². The lowest BCUT2D eigenvalue weighted by Crippen LogP contribution is -2.12. The van der Waals surface area contributed by atoms with Crippen LogP contribution in [0, 0.1) is 18.6 Å². The van der Waals surface area contributed by atoms with Crippen molar-refractivity contribution in [3.63, 3.8) is 0 Å². The Balaban J connectivity index is 1.42. The summed E-state index contributed by atoms with van der Waals surface area (Å²) in [4.78, 5) is 20.6. The summed E-state index contributed by atoms with van der Waals surface area (Å²) in [5.74, 6) is -1.53. The van der Waals surface area contributed by atoms with Crippen molar-refractivity contribution in [1.82, 2.24) is 19.7 Å². The van der Waals surface area contributed by atoms with Gasteiger partial charge < -0.3 is 9.73 Å². The maximum atomic E-state index is 13.8.